The van der Waals surface area contributed by atoms with Gasteiger partial charge in [-0.15, -0.1) is 0 Å². The molecular formula is BO2Zr. The maximum absolute atomic E-state index is 8.54. The van der Waals surface area contributed by atoms with Crippen molar-refractivity contribution < 1.29 is 28.9 Å². The van der Waals surface area contributed by atoms with E-state index in [1.165, 1.54) is 0 Å². The fourth-order valence-electron chi connectivity index (χ4n) is 0. The third-order valence-electron chi connectivity index (χ3n) is 0. The molecule has 0 bridgehead atoms. The van der Waals surface area contributed by atoms with Crippen molar-refractivity contribution in [1.29, 1.82) is 0 Å². The van der Waals surface area contributed by atoms with Gasteiger partial charge in [0, 0.05) is 8.41 Å². The zero-order valence-corrected chi connectivity index (χ0v) is 4.35. The van der Waals surface area contributed by atoms with Gasteiger partial charge in [0.1, 0.15) is 0 Å². The first kappa shape index (κ1) is 8.82. The zero-order chi connectivity index (χ0) is 2.71. The molecule has 19 valence electrons. The van der Waals surface area contributed by atoms with E-state index in [1.54, 1.807) is 0 Å². The van der Waals surface area contributed by atoms with Crippen LogP contribution in [-0.2, 0) is 28.9 Å². The van der Waals surface area contributed by atoms with Gasteiger partial charge in [-0.2, -0.15) is 0 Å². The summed E-state index contributed by atoms with van der Waals surface area (Å²) in [5, 5.41) is 0. The van der Waals surface area contributed by atoms with E-state index in [1.807, 2.05) is 0 Å². The maximum atomic E-state index is 8.54. The molecule has 0 amide bonds. The summed E-state index contributed by atoms with van der Waals surface area (Å²) < 4.78 is 17.1. The molecule has 3 radical (unpaired) electrons. The van der Waals surface area contributed by atoms with Gasteiger partial charge in [0.25, 0.3) is 0 Å². The van der Waals surface area contributed by atoms with Crippen LogP contribution in [0.15, 0.2) is 0 Å². The van der Waals surface area contributed by atoms with Crippen LogP contribution in [0.1, 0.15) is 0 Å². The van der Waals surface area contributed by atoms with E-state index in [0.29, 0.717) is 0 Å². The normalized spacial score (nSPS) is 2.00. The van der Waals surface area contributed by atoms with Gasteiger partial charge < -0.3 is 0 Å². The van der Waals surface area contributed by atoms with Crippen LogP contribution in [0.25, 0.3) is 0 Å². The predicted octanol–water partition coefficient (Wildman–Crippen LogP) is -0.621. The summed E-state index contributed by atoms with van der Waals surface area (Å²) in [5.74, 6) is 0. The van der Waals surface area contributed by atoms with E-state index >= 15 is 0 Å². The molecule has 0 aromatic heterocycles. The van der Waals surface area contributed by atoms with Crippen LogP contribution in [0.3, 0.4) is 0 Å². The van der Waals surface area contributed by atoms with Gasteiger partial charge in [-0.25, -0.2) is 0 Å². The van der Waals surface area contributed by atoms with Crippen molar-refractivity contribution in [2.75, 3.05) is 0 Å². The molecule has 2 nitrogen and oxygen atoms in total. The quantitative estimate of drug-likeness (QED) is 0.414. The molecule has 0 saturated carbocycles. The van der Waals surface area contributed by atoms with Crippen molar-refractivity contribution in [3.8, 4) is 0 Å². The van der Waals surface area contributed by atoms with Crippen LogP contribution >= 0.6 is 0 Å². The van der Waals surface area contributed by atoms with Crippen LogP contribution in [0, 0.1) is 0 Å². The first-order chi connectivity index (χ1) is 1.41. The minimum absolute atomic E-state index is 0. The number of rotatable bonds is 0. The number of hydrogen-bond donors (Lipinski definition) is 0. The van der Waals surface area contributed by atoms with E-state index in [2.05, 4.69) is 0 Å². The summed E-state index contributed by atoms with van der Waals surface area (Å²) in [5.41, 5.74) is 0. The number of hydrogen-bond acceptors (Lipinski definition) is 2. The molecule has 4 heteroatoms. The Morgan fingerprint density at radius 2 is 1.25 bits per heavy atom. The van der Waals surface area contributed by atoms with Gasteiger partial charge in [-0.05, 0) is 0 Å². The van der Waals surface area contributed by atoms with E-state index in [4.69, 9.17) is 5.63 Å². The van der Waals surface area contributed by atoms with Gasteiger partial charge >= 0.3 is 28.9 Å². The van der Waals surface area contributed by atoms with Crippen molar-refractivity contribution in [2.24, 2.45) is 0 Å². The average molecular weight is 134 g/mol. The second-order valence-corrected chi connectivity index (χ2v) is 0.493. The second-order valence-electron chi connectivity index (χ2n) is 0.0833. The van der Waals surface area contributed by atoms with Crippen molar-refractivity contribution in [3.63, 3.8) is 0 Å². The van der Waals surface area contributed by atoms with Crippen molar-refractivity contribution >= 4 is 8.41 Å². The predicted molar refractivity (Wildman–Crippen MR) is 7.13 cm³/mol. The molecule has 0 heterocycles. The summed E-state index contributed by atoms with van der Waals surface area (Å²) in [6.45, 7) is 0. The van der Waals surface area contributed by atoms with Gasteiger partial charge in [-0.1, -0.05) is 0 Å². The van der Waals surface area contributed by atoms with Crippen LogP contribution in [-0.4, -0.2) is 8.41 Å². The Morgan fingerprint density at radius 1 is 1.25 bits per heavy atom. The van der Waals surface area contributed by atoms with E-state index in [0.717, 1.165) is 0 Å². The molecule has 0 aliphatic heterocycles. The Labute approximate surface area is 37.6 Å². The molecule has 4 heavy (non-hydrogen) atoms. The van der Waals surface area contributed by atoms with Gasteiger partial charge in [0.2, 0.25) is 0 Å². The average Bonchev–Trinajstić information content (AvgIpc) is 0.918. The Hall–Kier alpha value is 0.548. The van der Waals surface area contributed by atoms with Crippen LogP contribution in [0.2, 0.25) is 0 Å². The first-order valence-electron chi connectivity index (χ1n) is 0.408. The third-order valence-corrected chi connectivity index (χ3v) is 0. The van der Waals surface area contributed by atoms with Crippen molar-refractivity contribution in [3.05, 3.63) is 0 Å². The summed E-state index contributed by atoms with van der Waals surface area (Å²) in [7, 11) is 0. The molecule has 0 aliphatic carbocycles. The molecule has 0 N–H and O–H groups in total. The molecule has 0 unspecified atom stereocenters. The molecule has 0 rings (SSSR count). The van der Waals surface area contributed by atoms with Gasteiger partial charge in [0.05, 0.1) is 0 Å². The third kappa shape index (κ3) is 20.3. The molecular weight excluding hydrogens is 134 g/mol. The molecule has 0 spiro atoms. The summed E-state index contributed by atoms with van der Waals surface area (Å²) in [6, 6.07) is 0. The Bertz CT molecular complexity index is 27.0. The van der Waals surface area contributed by atoms with Crippen LogP contribution in [0.4, 0.5) is 0 Å². The Kier molecular flexibility index (Phi) is 21.2. The minimum atomic E-state index is -2.27. The topological polar surface area (TPSA) is 34.1 Å². The molecule has 0 aromatic rings. The summed E-state index contributed by atoms with van der Waals surface area (Å²) in [4.78, 5) is 0. The molecule has 0 aliphatic rings. The Morgan fingerprint density at radius 3 is 1.25 bits per heavy atom. The SMILES string of the molecule is [B].[O]=[Zr]=[O]. The summed E-state index contributed by atoms with van der Waals surface area (Å²) >= 11 is -2.27. The fraction of sp³-hybridized carbons (Fsp3) is 0. The molecule has 0 aromatic carbocycles. The van der Waals surface area contributed by atoms with Crippen LogP contribution < -0.4 is 0 Å². The van der Waals surface area contributed by atoms with E-state index < -0.39 is 23.2 Å². The van der Waals surface area contributed by atoms with E-state index in [-0.39, 0.29) is 8.41 Å². The standard InChI is InChI=1S/B.2O.Zr. The zero-order valence-electron chi connectivity index (χ0n) is 1.89. The molecule has 0 saturated heterocycles. The monoisotopic (exact) mass is 133 g/mol. The van der Waals surface area contributed by atoms with Crippen molar-refractivity contribution in [2.45, 2.75) is 0 Å². The first-order valence-corrected chi connectivity index (χ1v) is 2.42. The second kappa shape index (κ2) is 9.61. The molecule has 0 fully saturated rings. The summed E-state index contributed by atoms with van der Waals surface area (Å²) in [6.07, 6.45) is 0. The van der Waals surface area contributed by atoms with E-state index in [9.17, 15) is 0 Å². The van der Waals surface area contributed by atoms with Crippen LogP contribution in [0.5, 0.6) is 0 Å². The van der Waals surface area contributed by atoms with Gasteiger partial charge in [-0.3, -0.25) is 0 Å². The fourth-order valence-corrected chi connectivity index (χ4v) is 0. The molecule has 0 atom stereocenters. The van der Waals surface area contributed by atoms with Gasteiger partial charge in [0.15, 0.2) is 0 Å². The Balaban J connectivity index is 0. The van der Waals surface area contributed by atoms with Crippen molar-refractivity contribution in [1.82, 2.24) is 0 Å².